The molecule has 0 heterocycles. The lowest BCUT2D eigenvalue weighted by Gasteiger charge is -2.30. The number of anilines is 1. The average molecular weight is 252 g/mol. The number of nitrogens with one attached hydrogen (secondary N) is 1. The second kappa shape index (κ2) is 5.14. The fourth-order valence-electron chi connectivity index (χ4n) is 1.33. The molecule has 1 unspecified atom stereocenters. The van der Waals surface area contributed by atoms with Crippen molar-refractivity contribution in [1.29, 1.82) is 0 Å². The van der Waals surface area contributed by atoms with Gasteiger partial charge in [0, 0.05) is 11.6 Å². The fourth-order valence-corrected chi connectivity index (χ4v) is 1.33. The van der Waals surface area contributed by atoms with Crippen molar-refractivity contribution in [1.82, 2.24) is 0 Å². The Morgan fingerprint density at radius 3 is 2.56 bits per heavy atom. The van der Waals surface area contributed by atoms with Gasteiger partial charge in [-0.1, -0.05) is 0 Å². The molecule has 0 aromatic heterocycles. The Morgan fingerprint density at radius 2 is 2.11 bits per heavy atom. The molecule has 0 aliphatic carbocycles. The fraction of sp³-hybridized carbons (Fsp3) is 0.417. The van der Waals surface area contributed by atoms with E-state index in [9.17, 15) is 20.0 Å². The minimum Gasteiger partial charge on any atom is -0.391 e. The van der Waals surface area contributed by atoms with Crippen LogP contribution in [0.15, 0.2) is 18.2 Å². The standard InChI is InChI=1S/C12H16N2O4/c1-8(16)12(2,3)13-10-5-4-9(7-15)6-11(10)14(17)18/h4-8,13,16H,1-3H3. The van der Waals surface area contributed by atoms with Gasteiger partial charge in [-0.05, 0) is 32.9 Å². The van der Waals surface area contributed by atoms with Crippen LogP contribution < -0.4 is 5.32 Å². The number of nitro groups is 1. The number of benzene rings is 1. The van der Waals surface area contributed by atoms with Crippen LogP contribution in [0.5, 0.6) is 0 Å². The van der Waals surface area contributed by atoms with Crippen LogP contribution in [0.2, 0.25) is 0 Å². The molecular formula is C12H16N2O4. The van der Waals surface area contributed by atoms with Crippen molar-refractivity contribution >= 4 is 17.7 Å². The lowest BCUT2D eigenvalue weighted by Crippen LogP contribution is -2.42. The van der Waals surface area contributed by atoms with Crippen LogP contribution in [0.25, 0.3) is 0 Å². The van der Waals surface area contributed by atoms with Crippen LogP contribution in [0.1, 0.15) is 31.1 Å². The molecular weight excluding hydrogens is 236 g/mol. The van der Waals surface area contributed by atoms with E-state index in [-0.39, 0.29) is 16.9 Å². The molecule has 98 valence electrons. The number of aliphatic hydroxyl groups excluding tert-OH is 1. The van der Waals surface area contributed by atoms with Gasteiger partial charge in [0.1, 0.15) is 12.0 Å². The third-order valence-electron chi connectivity index (χ3n) is 2.86. The Hall–Kier alpha value is -1.95. The van der Waals surface area contributed by atoms with Crippen molar-refractivity contribution in [3.8, 4) is 0 Å². The summed E-state index contributed by atoms with van der Waals surface area (Å²) < 4.78 is 0. The highest BCUT2D eigenvalue weighted by atomic mass is 16.6. The van der Waals surface area contributed by atoms with E-state index in [0.717, 1.165) is 0 Å². The van der Waals surface area contributed by atoms with Crippen molar-refractivity contribution in [3.05, 3.63) is 33.9 Å². The zero-order chi connectivity index (χ0) is 13.9. The second-order valence-corrected chi connectivity index (χ2v) is 4.67. The van der Waals surface area contributed by atoms with Crippen LogP contribution in [0.3, 0.4) is 0 Å². The topological polar surface area (TPSA) is 92.5 Å². The van der Waals surface area contributed by atoms with Gasteiger partial charge in [-0.2, -0.15) is 0 Å². The number of carbonyl (C=O) groups excluding carboxylic acids is 1. The van der Waals surface area contributed by atoms with Gasteiger partial charge in [0.25, 0.3) is 5.69 Å². The van der Waals surface area contributed by atoms with Gasteiger partial charge in [-0.15, -0.1) is 0 Å². The first-order chi connectivity index (χ1) is 8.27. The van der Waals surface area contributed by atoms with E-state index < -0.39 is 16.6 Å². The summed E-state index contributed by atoms with van der Waals surface area (Å²) in [5.41, 5.74) is -0.389. The van der Waals surface area contributed by atoms with Crippen molar-refractivity contribution in [2.24, 2.45) is 0 Å². The first-order valence-electron chi connectivity index (χ1n) is 5.48. The summed E-state index contributed by atoms with van der Waals surface area (Å²) in [6, 6.07) is 4.15. The highest BCUT2D eigenvalue weighted by molar-refractivity contribution is 5.79. The van der Waals surface area contributed by atoms with E-state index in [0.29, 0.717) is 6.29 Å². The van der Waals surface area contributed by atoms with Crippen LogP contribution >= 0.6 is 0 Å². The molecule has 1 rings (SSSR count). The molecule has 0 aliphatic rings. The second-order valence-electron chi connectivity index (χ2n) is 4.67. The number of hydrogen-bond acceptors (Lipinski definition) is 5. The van der Waals surface area contributed by atoms with E-state index in [1.165, 1.54) is 18.2 Å². The third kappa shape index (κ3) is 3.04. The number of hydrogen-bond donors (Lipinski definition) is 2. The average Bonchev–Trinajstić information content (AvgIpc) is 2.28. The minimum atomic E-state index is -0.715. The highest BCUT2D eigenvalue weighted by Gasteiger charge is 2.27. The number of aliphatic hydroxyl groups is 1. The monoisotopic (exact) mass is 252 g/mol. The Labute approximate surface area is 105 Å². The van der Waals surface area contributed by atoms with E-state index in [2.05, 4.69) is 5.32 Å². The zero-order valence-corrected chi connectivity index (χ0v) is 10.5. The maximum absolute atomic E-state index is 10.9. The number of nitro benzene ring substituents is 1. The molecule has 0 saturated carbocycles. The molecule has 0 amide bonds. The largest absolute Gasteiger partial charge is 0.391 e. The van der Waals surface area contributed by atoms with Crippen LogP contribution in [-0.2, 0) is 0 Å². The van der Waals surface area contributed by atoms with Crippen molar-refractivity contribution < 1.29 is 14.8 Å². The Balaban J connectivity index is 3.17. The Morgan fingerprint density at radius 1 is 1.50 bits per heavy atom. The minimum absolute atomic E-state index is 0.187. The molecule has 0 radical (unpaired) electrons. The Bertz CT molecular complexity index is 469. The predicted octanol–water partition coefficient (Wildman–Crippen LogP) is 1.98. The number of carbonyl (C=O) groups is 1. The molecule has 6 nitrogen and oxygen atoms in total. The normalized spacial score (nSPS) is 12.9. The van der Waals surface area contributed by atoms with Crippen LogP contribution in [0, 0.1) is 10.1 Å². The summed E-state index contributed by atoms with van der Waals surface area (Å²) in [5, 5.41) is 23.4. The van der Waals surface area contributed by atoms with Crippen molar-refractivity contribution in [2.75, 3.05) is 5.32 Å². The molecule has 6 heteroatoms. The maximum atomic E-state index is 10.9. The Kier molecular flexibility index (Phi) is 4.03. The molecule has 0 spiro atoms. The third-order valence-corrected chi connectivity index (χ3v) is 2.86. The lowest BCUT2D eigenvalue weighted by atomic mass is 9.98. The van der Waals surface area contributed by atoms with Gasteiger partial charge in [0.2, 0.25) is 0 Å². The number of nitrogens with zero attached hydrogens (tertiary/aromatic N) is 1. The van der Waals surface area contributed by atoms with Gasteiger partial charge in [0.15, 0.2) is 0 Å². The quantitative estimate of drug-likeness (QED) is 0.475. The maximum Gasteiger partial charge on any atom is 0.293 e. The molecule has 2 N–H and O–H groups in total. The molecule has 1 atom stereocenters. The smallest absolute Gasteiger partial charge is 0.293 e. The predicted molar refractivity (Wildman–Crippen MR) is 67.9 cm³/mol. The molecule has 0 bridgehead atoms. The SMILES string of the molecule is CC(O)C(C)(C)Nc1ccc(C=O)cc1[N+](=O)[O-]. The van der Waals surface area contributed by atoms with Crippen LogP contribution in [0.4, 0.5) is 11.4 Å². The first-order valence-corrected chi connectivity index (χ1v) is 5.48. The number of aldehydes is 1. The highest BCUT2D eigenvalue weighted by Crippen LogP contribution is 2.28. The summed E-state index contributed by atoms with van der Waals surface area (Å²) in [6.45, 7) is 5.06. The summed E-state index contributed by atoms with van der Waals surface area (Å²) in [7, 11) is 0. The first kappa shape index (κ1) is 14.1. The van der Waals surface area contributed by atoms with Crippen molar-refractivity contribution in [3.63, 3.8) is 0 Å². The van der Waals surface area contributed by atoms with E-state index >= 15 is 0 Å². The molecule has 1 aromatic carbocycles. The van der Waals surface area contributed by atoms with E-state index in [4.69, 9.17) is 0 Å². The molecule has 1 aromatic rings. The summed E-state index contributed by atoms with van der Waals surface area (Å²) >= 11 is 0. The molecule has 18 heavy (non-hydrogen) atoms. The van der Waals surface area contributed by atoms with Gasteiger partial charge >= 0.3 is 0 Å². The lowest BCUT2D eigenvalue weighted by molar-refractivity contribution is -0.384. The number of rotatable bonds is 5. The van der Waals surface area contributed by atoms with Gasteiger partial charge in [-0.3, -0.25) is 14.9 Å². The van der Waals surface area contributed by atoms with Crippen LogP contribution in [-0.4, -0.2) is 28.0 Å². The van der Waals surface area contributed by atoms with Gasteiger partial charge < -0.3 is 10.4 Å². The van der Waals surface area contributed by atoms with Gasteiger partial charge in [-0.25, -0.2) is 0 Å². The summed E-state index contributed by atoms with van der Waals surface area (Å²) in [4.78, 5) is 21.0. The van der Waals surface area contributed by atoms with Gasteiger partial charge in [0.05, 0.1) is 16.6 Å². The molecule has 0 aliphatic heterocycles. The summed E-state index contributed by atoms with van der Waals surface area (Å²) in [5.74, 6) is 0. The molecule has 0 saturated heterocycles. The van der Waals surface area contributed by atoms with E-state index in [1.807, 2.05) is 0 Å². The summed E-state index contributed by atoms with van der Waals surface area (Å²) in [6.07, 6.45) is -0.140. The zero-order valence-electron chi connectivity index (χ0n) is 10.5. The van der Waals surface area contributed by atoms with Crippen molar-refractivity contribution in [2.45, 2.75) is 32.4 Å². The molecule has 0 fully saturated rings. The van der Waals surface area contributed by atoms with E-state index in [1.54, 1.807) is 20.8 Å².